The smallest absolute Gasteiger partial charge is 0.336 e. The molecular formula is C23H30O5. The van der Waals surface area contributed by atoms with E-state index < -0.39 is 11.9 Å². The predicted molar refractivity (Wildman–Crippen MR) is 107 cm³/mol. The van der Waals surface area contributed by atoms with Crippen LogP contribution >= 0.6 is 0 Å². The molecule has 1 N–H and O–H groups in total. The van der Waals surface area contributed by atoms with Crippen LogP contribution in [0.25, 0.3) is 0 Å². The first-order valence-corrected chi connectivity index (χ1v) is 10.3. The lowest BCUT2D eigenvalue weighted by Crippen LogP contribution is -2.22. The van der Waals surface area contributed by atoms with Crippen LogP contribution in [0.5, 0.6) is 11.5 Å². The van der Waals surface area contributed by atoms with Crippen molar-refractivity contribution in [2.24, 2.45) is 0 Å². The quantitative estimate of drug-likeness (QED) is 0.400. The zero-order chi connectivity index (χ0) is 20.3. The molecule has 1 fully saturated rings. The third-order valence-corrected chi connectivity index (χ3v) is 5.97. The maximum Gasteiger partial charge on any atom is 0.336 e. The Morgan fingerprint density at radius 1 is 1.25 bits per heavy atom. The molecule has 5 heteroatoms. The summed E-state index contributed by atoms with van der Waals surface area (Å²) in [4.78, 5) is 22.9. The van der Waals surface area contributed by atoms with Gasteiger partial charge in [-0.05, 0) is 48.8 Å². The van der Waals surface area contributed by atoms with Crippen molar-refractivity contribution in [1.29, 1.82) is 0 Å². The highest BCUT2D eigenvalue weighted by atomic mass is 16.5. The standard InChI is InChI=1S/C23H30O5/c1-4-5-12-23(2,3)15-13-18-22(16-8-6-7-9-17(16)27-18)19(14-15)28-21(26)11-10-20(24)25/h10-11,13-14,16-17H,4-9,12H2,1-3H3,(H,24,25)/b11-10+. The molecule has 28 heavy (non-hydrogen) atoms. The lowest BCUT2D eigenvalue weighted by Gasteiger charge is -2.27. The second-order valence-electron chi connectivity index (χ2n) is 8.51. The van der Waals surface area contributed by atoms with E-state index in [1.807, 2.05) is 6.07 Å². The van der Waals surface area contributed by atoms with Crippen molar-refractivity contribution in [2.75, 3.05) is 0 Å². The molecule has 0 amide bonds. The molecule has 1 aliphatic heterocycles. The summed E-state index contributed by atoms with van der Waals surface area (Å²) in [6.45, 7) is 6.57. The number of hydrogen-bond donors (Lipinski definition) is 1. The van der Waals surface area contributed by atoms with Gasteiger partial charge in [-0.1, -0.05) is 40.0 Å². The van der Waals surface area contributed by atoms with Crippen molar-refractivity contribution < 1.29 is 24.2 Å². The molecule has 1 aliphatic carbocycles. The number of carbonyl (C=O) groups excluding carboxylic acids is 1. The van der Waals surface area contributed by atoms with Gasteiger partial charge < -0.3 is 14.6 Å². The van der Waals surface area contributed by atoms with Gasteiger partial charge in [-0.2, -0.15) is 0 Å². The van der Waals surface area contributed by atoms with Crippen LogP contribution in [0.2, 0.25) is 0 Å². The van der Waals surface area contributed by atoms with Crippen LogP contribution in [-0.2, 0) is 15.0 Å². The van der Waals surface area contributed by atoms with Crippen LogP contribution in [0.3, 0.4) is 0 Å². The molecule has 1 aromatic carbocycles. The first kappa shape index (κ1) is 20.4. The molecule has 5 nitrogen and oxygen atoms in total. The molecule has 152 valence electrons. The molecule has 2 aliphatic rings. The lowest BCUT2D eigenvalue weighted by atomic mass is 9.78. The SMILES string of the molecule is CCCCC(C)(C)c1cc(OC(=O)/C=C/C(=O)O)c2c(c1)OC1CCCCC21. The van der Waals surface area contributed by atoms with Crippen LogP contribution in [-0.4, -0.2) is 23.1 Å². The van der Waals surface area contributed by atoms with E-state index in [0.29, 0.717) is 5.75 Å². The second-order valence-corrected chi connectivity index (χ2v) is 8.51. The summed E-state index contributed by atoms with van der Waals surface area (Å²) < 4.78 is 11.9. The van der Waals surface area contributed by atoms with Crippen molar-refractivity contribution in [3.63, 3.8) is 0 Å². The maximum atomic E-state index is 12.2. The van der Waals surface area contributed by atoms with Gasteiger partial charge in [0.2, 0.25) is 0 Å². The van der Waals surface area contributed by atoms with Crippen LogP contribution in [0.15, 0.2) is 24.3 Å². The number of aliphatic carboxylic acids is 1. The van der Waals surface area contributed by atoms with Crippen LogP contribution < -0.4 is 9.47 Å². The Morgan fingerprint density at radius 2 is 2.00 bits per heavy atom. The molecule has 1 saturated carbocycles. The normalized spacial score (nSPS) is 21.1. The molecule has 0 radical (unpaired) electrons. The van der Waals surface area contributed by atoms with Gasteiger partial charge in [0.05, 0.1) is 0 Å². The lowest BCUT2D eigenvalue weighted by molar-refractivity contribution is -0.133. The van der Waals surface area contributed by atoms with Gasteiger partial charge in [0, 0.05) is 23.6 Å². The average molecular weight is 386 g/mol. The minimum absolute atomic E-state index is 0.0692. The largest absolute Gasteiger partial charge is 0.489 e. The van der Waals surface area contributed by atoms with E-state index in [1.165, 1.54) is 0 Å². The van der Waals surface area contributed by atoms with Gasteiger partial charge in [-0.15, -0.1) is 0 Å². The first-order valence-electron chi connectivity index (χ1n) is 10.3. The Labute approximate surface area is 166 Å². The van der Waals surface area contributed by atoms with E-state index in [0.717, 1.165) is 74.0 Å². The van der Waals surface area contributed by atoms with Crippen molar-refractivity contribution in [3.05, 3.63) is 35.4 Å². The molecule has 1 heterocycles. The van der Waals surface area contributed by atoms with Gasteiger partial charge in [-0.3, -0.25) is 0 Å². The number of carbonyl (C=O) groups is 2. The Morgan fingerprint density at radius 3 is 2.71 bits per heavy atom. The highest BCUT2D eigenvalue weighted by molar-refractivity contribution is 5.92. The maximum absolute atomic E-state index is 12.2. The van der Waals surface area contributed by atoms with E-state index >= 15 is 0 Å². The van der Waals surface area contributed by atoms with Gasteiger partial charge in [-0.25, -0.2) is 9.59 Å². The molecular weight excluding hydrogens is 356 g/mol. The highest BCUT2D eigenvalue weighted by Crippen LogP contribution is 2.51. The zero-order valence-corrected chi connectivity index (χ0v) is 17.0. The predicted octanol–water partition coefficient (Wildman–Crippen LogP) is 5.12. The molecule has 0 saturated heterocycles. The third-order valence-electron chi connectivity index (χ3n) is 5.97. The second kappa shape index (κ2) is 8.38. The molecule has 3 rings (SSSR count). The number of hydrogen-bond acceptors (Lipinski definition) is 4. The third kappa shape index (κ3) is 4.40. The average Bonchev–Trinajstić information content (AvgIpc) is 3.03. The number of carboxylic acids is 1. The number of unbranched alkanes of at least 4 members (excludes halogenated alkanes) is 1. The number of carboxylic acid groups (broad SMARTS) is 1. The first-order chi connectivity index (χ1) is 13.3. The van der Waals surface area contributed by atoms with Gasteiger partial charge in [0.15, 0.2) is 0 Å². The summed E-state index contributed by atoms with van der Waals surface area (Å²) >= 11 is 0. The van der Waals surface area contributed by atoms with Crippen molar-refractivity contribution in [3.8, 4) is 11.5 Å². The number of esters is 1. The molecule has 2 atom stereocenters. The number of ether oxygens (including phenoxy) is 2. The summed E-state index contributed by atoms with van der Waals surface area (Å²) in [5.41, 5.74) is 1.99. The van der Waals surface area contributed by atoms with Crippen molar-refractivity contribution in [1.82, 2.24) is 0 Å². The number of fused-ring (bicyclic) bond motifs is 3. The van der Waals surface area contributed by atoms with E-state index in [-0.39, 0.29) is 17.4 Å². The molecule has 1 aromatic rings. The fourth-order valence-corrected chi connectivity index (χ4v) is 4.32. The van der Waals surface area contributed by atoms with Crippen LogP contribution in [0.4, 0.5) is 0 Å². The number of benzene rings is 1. The topological polar surface area (TPSA) is 72.8 Å². The Bertz CT molecular complexity index is 777. The van der Waals surface area contributed by atoms with E-state index in [1.54, 1.807) is 0 Å². The van der Waals surface area contributed by atoms with E-state index in [9.17, 15) is 9.59 Å². The van der Waals surface area contributed by atoms with Gasteiger partial charge in [0.1, 0.15) is 17.6 Å². The van der Waals surface area contributed by atoms with Crippen molar-refractivity contribution >= 4 is 11.9 Å². The summed E-state index contributed by atoms with van der Waals surface area (Å²) in [6.07, 6.45) is 9.50. The molecule has 2 unspecified atom stereocenters. The van der Waals surface area contributed by atoms with Crippen LogP contribution in [0.1, 0.15) is 82.8 Å². The Hall–Kier alpha value is -2.30. The molecule has 0 aromatic heterocycles. The van der Waals surface area contributed by atoms with Gasteiger partial charge >= 0.3 is 11.9 Å². The summed E-state index contributed by atoms with van der Waals surface area (Å²) in [5.74, 6) is -0.266. The molecule has 0 bridgehead atoms. The Balaban J connectivity index is 1.98. The fourth-order valence-electron chi connectivity index (χ4n) is 4.32. The Kier molecular flexibility index (Phi) is 6.11. The molecule has 0 spiro atoms. The highest BCUT2D eigenvalue weighted by Gasteiger charge is 2.40. The minimum atomic E-state index is -1.17. The zero-order valence-electron chi connectivity index (χ0n) is 17.0. The summed E-state index contributed by atoms with van der Waals surface area (Å²) in [5, 5.41) is 8.76. The van der Waals surface area contributed by atoms with Crippen molar-refractivity contribution in [2.45, 2.75) is 83.2 Å². The van der Waals surface area contributed by atoms with Crippen LogP contribution in [0, 0.1) is 0 Å². The van der Waals surface area contributed by atoms with E-state index in [2.05, 4.69) is 26.8 Å². The summed E-state index contributed by atoms with van der Waals surface area (Å²) in [6, 6.07) is 4.08. The van der Waals surface area contributed by atoms with E-state index in [4.69, 9.17) is 14.6 Å². The number of rotatable bonds is 7. The summed E-state index contributed by atoms with van der Waals surface area (Å²) in [7, 11) is 0. The minimum Gasteiger partial charge on any atom is -0.489 e. The monoisotopic (exact) mass is 386 g/mol. The van der Waals surface area contributed by atoms with Gasteiger partial charge in [0.25, 0.3) is 0 Å². The fraction of sp³-hybridized carbons (Fsp3) is 0.565.